The van der Waals surface area contributed by atoms with E-state index in [0.717, 1.165) is 11.1 Å². The lowest BCUT2D eigenvalue weighted by molar-refractivity contribution is -0.129. The summed E-state index contributed by atoms with van der Waals surface area (Å²) < 4.78 is 39.4. The molecule has 4 aromatic carbocycles. The molecule has 4 aliphatic heterocycles. The highest BCUT2D eigenvalue weighted by Crippen LogP contribution is 2.51. The van der Waals surface area contributed by atoms with Gasteiger partial charge in [0, 0.05) is 108 Å². The normalized spacial score (nSPS) is 18.2. The Hall–Kier alpha value is -9.54. The van der Waals surface area contributed by atoms with Crippen LogP contribution in [0.3, 0.4) is 0 Å². The van der Waals surface area contributed by atoms with Crippen molar-refractivity contribution >= 4 is 101 Å². The van der Waals surface area contributed by atoms with Crippen LogP contribution in [0.25, 0.3) is 77.2 Å². The molecular weight excluding hydrogens is 1270 g/mol. The first kappa shape index (κ1) is 64.8. The molecule has 0 bridgehead atoms. The van der Waals surface area contributed by atoms with Gasteiger partial charge < -0.3 is 29.8 Å². The molecule has 24 heteroatoms. The molecule has 20 nitrogen and oxygen atoms in total. The number of halogens is 4. The monoisotopic (exact) mass is 1350 g/mol. The average Bonchev–Trinajstić information content (AvgIpc) is 1.51. The summed E-state index contributed by atoms with van der Waals surface area (Å²) in [5.41, 5.74) is 8.93. The lowest BCUT2D eigenvalue weighted by atomic mass is 9.88. The highest BCUT2D eigenvalue weighted by atomic mass is 35.5. The Morgan fingerprint density at radius 1 is 0.608 bits per heavy atom. The topological polar surface area (TPSA) is 215 Å². The van der Waals surface area contributed by atoms with Crippen molar-refractivity contribution in [1.82, 2.24) is 59.3 Å². The van der Waals surface area contributed by atoms with Crippen LogP contribution in [-0.4, -0.2) is 142 Å². The number of aryl methyl sites for hydroxylation is 2. The summed E-state index contributed by atoms with van der Waals surface area (Å²) in [6.45, 7) is 31.3. The van der Waals surface area contributed by atoms with E-state index in [2.05, 4.69) is 48.7 Å². The number of nitrogens with zero attached hydrogens (tertiary/aromatic N) is 13. The first-order valence-corrected chi connectivity index (χ1v) is 33.8. The summed E-state index contributed by atoms with van der Waals surface area (Å²) in [6.07, 6.45) is 9.23. The number of anilines is 4. The fourth-order valence-electron chi connectivity index (χ4n) is 15.9. The van der Waals surface area contributed by atoms with Gasteiger partial charge >= 0.3 is 0 Å². The number of amides is 2. The number of fused-ring (bicyclic) bond motifs is 12. The number of benzene rings is 4. The lowest BCUT2D eigenvalue weighted by Crippen LogP contribution is -2.64. The maximum atomic E-state index is 18.4. The van der Waals surface area contributed by atoms with Crippen molar-refractivity contribution in [3.05, 3.63) is 163 Å². The Balaban J connectivity index is 0.959. The Morgan fingerprint density at radius 2 is 1.11 bits per heavy atom. The van der Waals surface area contributed by atoms with E-state index in [0.29, 0.717) is 146 Å². The number of hydrogen-bond donors (Lipinski definition) is 3. The smallest absolute Gasteiger partial charge is 0.281 e. The molecule has 4 aliphatic rings. The number of pyridine rings is 2. The molecule has 2 saturated heterocycles. The minimum atomic E-state index is -0.634. The third-order valence-electron chi connectivity index (χ3n) is 20.4. The molecule has 10 heterocycles. The van der Waals surface area contributed by atoms with Crippen molar-refractivity contribution in [2.75, 3.05) is 66.3 Å². The number of likely N-dealkylation sites (N-methyl/N-ethyl adjacent to an activating group) is 1. The molecular formula is C73H76Cl2F2N16O4. The van der Waals surface area contributed by atoms with Gasteiger partial charge in [0.15, 0.2) is 0 Å². The van der Waals surface area contributed by atoms with Gasteiger partial charge in [0.2, 0.25) is 11.8 Å². The van der Waals surface area contributed by atoms with Gasteiger partial charge in [0.25, 0.3) is 11.1 Å². The van der Waals surface area contributed by atoms with Gasteiger partial charge in [-0.05, 0) is 98.9 Å². The van der Waals surface area contributed by atoms with Gasteiger partial charge in [0.05, 0.1) is 102 Å². The van der Waals surface area contributed by atoms with Crippen LogP contribution in [0, 0.1) is 25.5 Å². The van der Waals surface area contributed by atoms with Gasteiger partial charge in [-0.1, -0.05) is 97.0 Å². The zero-order valence-electron chi connectivity index (χ0n) is 56.3. The number of nitrogens with one attached hydrogen (secondary N) is 3. The zero-order valence-corrected chi connectivity index (χ0v) is 57.8. The highest BCUT2D eigenvalue weighted by Gasteiger charge is 2.44. The third kappa shape index (κ3) is 9.99. The minimum Gasteiger partial charge on any atom is -0.377 e. The predicted molar refractivity (Wildman–Crippen MR) is 381 cm³/mol. The van der Waals surface area contributed by atoms with Crippen molar-refractivity contribution < 1.29 is 18.4 Å². The van der Waals surface area contributed by atoms with Crippen LogP contribution in [0.5, 0.6) is 0 Å². The molecule has 0 saturated carbocycles. The number of aromatic amines is 2. The SMILES string of the molecule is C=CC(=O)N1CC2CNc3c(c4cc(F)c(-c5c(C)ccc6[nH]ncc56)c(Cl)c4n(-c4c(C(C)C)ncnc4C(C)Cc4cc(C)c(-c5c(F)cc6c7c(c(=O)n(-c8c(C(C)C)ncnc8C(C)C)c6c5Cl)N(C)CC5CN(C(=O)C=C)C(C)CN75)c5cn[nH]c45)c3=O)N2CC1C. The molecule has 500 valence electrons. The predicted octanol–water partition coefficient (Wildman–Crippen LogP) is 12.9. The number of hydrogen-bond acceptors (Lipinski definition) is 14. The van der Waals surface area contributed by atoms with Crippen molar-refractivity contribution in [2.24, 2.45) is 0 Å². The van der Waals surface area contributed by atoms with Crippen molar-refractivity contribution in [3.8, 4) is 33.6 Å². The molecule has 14 rings (SSSR count). The maximum absolute atomic E-state index is 18.4. The van der Waals surface area contributed by atoms with E-state index in [4.69, 9.17) is 43.1 Å². The summed E-state index contributed by atoms with van der Waals surface area (Å²) in [6, 6.07) is 7.53. The molecule has 0 aliphatic carbocycles. The second-order valence-corrected chi connectivity index (χ2v) is 28.3. The Labute approximate surface area is 569 Å². The molecule has 10 aromatic rings. The van der Waals surface area contributed by atoms with Gasteiger partial charge in [-0.25, -0.2) is 28.7 Å². The van der Waals surface area contributed by atoms with Crippen LogP contribution in [-0.2, 0) is 16.0 Å². The Morgan fingerprint density at radius 3 is 1.69 bits per heavy atom. The second-order valence-electron chi connectivity index (χ2n) is 27.6. The van der Waals surface area contributed by atoms with Crippen LogP contribution >= 0.6 is 23.2 Å². The molecule has 2 fully saturated rings. The Bertz CT molecular complexity index is 5130. The molecule has 6 aromatic heterocycles. The van der Waals surface area contributed by atoms with E-state index in [1.807, 2.05) is 106 Å². The number of rotatable bonds is 12. The first-order chi connectivity index (χ1) is 46.4. The minimum absolute atomic E-state index is 0.00868. The average molecular weight is 1350 g/mol. The van der Waals surface area contributed by atoms with Crippen molar-refractivity contribution in [3.63, 3.8) is 0 Å². The number of carbonyl (C=O) groups excluding carboxylic acids is 2. The summed E-state index contributed by atoms with van der Waals surface area (Å²) in [7, 11) is 1.85. The Kier molecular flexibility index (Phi) is 16.2. The van der Waals surface area contributed by atoms with Gasteiger partial charge in [-0.15, -0.1) is 0 Å². The molecule has 2 amide bonds. The van der Waals surface area contributed by atoms with Crippen molar-refractivity contribution in [1.29, 1.82) is 0 Å². The fraction of sp³-hybridized carbons (Fsp3) is 0.370. The molecule has 5 atom stereocenters. The second kappa shape index (κ2) is 24.2. The lowest BCUT2D eigenvalue weighted by Gasteiger charge is -2.51. The van der Waals surface area contributed by atoms with Gasteiger partial charge in [-0.2, -0.15) is 10.2 Å². The van der Waals surface area contributed by atoms with Gasteiger partial charge in [-0.3, -0.25) is 38.5 Å². The van der Waals surface area contributed by atoms with Crippen LogP contribution in [0.4, 0.5) is 31.5 Å². The van der Waals surface area contributed by atoms with Crippen LogP contribution in [0.15, 0.2) is 90.3 Å². The number of piperazine rings is 2. The summed E-state index contributed by atoms with van der Waals surface area (Å²) in [5, 5.41) is 20.6. The fourth-order valence-corrected chi connectivity index (χ4v) is 16.7. The zero-order chi connectivity index (χ0) is 68.8. The molecule has 0 spiro atoms. The standard InChI is InChI=1S/C73H76Cl2F2N16O4/c1-15-51(94)88-29-42-23-78-64-67(90(42)26-39(88)12)44-21-48(76)55(53-36(9)17-18-50-46(53)24-83-85-50)57(74)65(44)92(72(64)96)70-61(35(7)8)81-32-82-62(70)38(11)20-41-19-37(10)54(47-25-84-86-63(41)47)56-49(77)22-45-66(58(56)75)93(69-59(33(3)4)79-31-80-60(69)34(5)6)73(97)71-68(45)91-27-40(13)89(52(95)16-2)30-43(91)28-87(71)14/h15-19,21-22,24-25,31-35,38-40,42-43,78H,1-2,20,23,26-30H2,3-14H3,(H,83,85)(H,84,86). The van der Waals surface area contributed by atoms with Crippen LogP contribution in [0.2, 0.25) is 10.0 Å². The molecule has 97 heavy (non-hydrogen) atoms. The van der Waals surface area contributed by atoms with E-state index < -0.39 is 23.1 Å². The number of aromatic nitrogens is 10. The van der Waals surface area contributed by atoms with E-state index in [1.165, 1.54) is 36.9 Å². The van der Waals surface area contributed by atoms with Crippen LogP contribution in [0.1, 0.15) is 125 Å². The number of carbonyl (C=O) groups is 2. The summed E-state index contributed by atoms with van der Waals surface area (Å²) >= 11 is 15.9. The maximum Gasteiger partial charge on any atom is 0.281 e. The highest BCUT2D eigenvalue weighted by molar-refractivity contribution is 6.40. The first-order valence-electron chi connectivity index (χ1n) is 33.0. The molecule has 0 radical (unpaired) electrons. The molecule has 3 N–H and O–H groups in total. The van der Waals surface area contributed by atoms with E-state index >= 15 is 18.4 Å². The third-order valence-corrected chi connectivity index (χ3v) is 21.1. The van der Waals surface area contributed by atoms with Gasteiger partial charge in [0.1, 0.15) is 35.7 Å². The van der Waals surface area contributed by atoms with E-state index in [1.54, 1.807) is 31.3 Å². The van der Waals surface area contributed by atoms with Crippen molar-refractivity contribution in [2.45, 2.75) is 130 Å². The van der Waals surface area contributed by atoms with E-state index in [-0.39, 0.29) is 97.2 Å². The summed E-state index contributed by atoms with van der Waals surface area (Å²) in [5.74, 6) is -2.79. The summed E-state index contributed by atoms with van der Waals surface area (Å²) in [4.78, 5) is 88.0. The number of H-pyrrole nitrogens is 2. The molecule has 5 unspecified atom stereocenters. The quantitative estimate of drug-likeness (QED) is 0.0971. The van der Waals surface area contributed by atoms with Crippen LogP contribution < -0.4 is 31.1 Å². The largest absolute Gasteiger partial charge is 0.377 e. The van der Waals surface area contributed by atoms with E-state index in [9.17, 15) is 9.59 Å².